The molecule has 1 aromatic carbocycles. The van der Waals surface area contributed by atoms with E-state index >= 15 is 0 Å². The number of nitrogens with two attached hydrogens (primary N) is 1. The van der Waals surface area contributed by atoms with E-state index in [4.69, 9.17) is 15.7 Å². The first-order valence-electron chi connectivity index (χ1n) is 4.64. The summed E-state index contributed by atoms with van der Waals surface area (Å²) in [6.07, 6.45) is 1.65. The van der Waals surface area contributed by atoms with E-state index in [0.29, 0.717) is 17.4 Å². The first kappa shape index (κ1) is 10.1. The van der Waals surface area contributed by atoms with E-state index in [2.05, 4.69) is 11.1 Å². The fraction of sp³-hybridized carbons (Fsp3) is 0.0909. The van der Waals surface area contributed by atoms with Gasteiger partial charge in [-0.25, -0.2) is 0 Å². The monoisotopic (exact) mass is 214 g/mol. The maximum atomic E-state index is 8.81. The fourth-order valence-corrected chi connectivity index (χ4v) is 1.43. The Kier molecular flexibility index (Phi) is 2.48. The summed E-state index contributed by atoms with van der Waals surface area (Å²) in [5.74, 6) is 0.374. The zero-order valence-corrected chi connectivity index (χ0v) is 8.71. The van der Waals surface area contributed by atoms with Crippen LogP contribution in [0.2, 0.25) is 0 Å². The molecule has 0 fully saturated rings. The van der Waals surface area contributed by atoms with Gasteiger partial charge in [0.25, 0.3) is 0 Å². The molecular formula is C11H10N4O. The predicted octanol–water partition coefficient (Wildman–Crippen LogP) is 1.33. The zero-order chi connectivity index (χ0) is 11.5. The Morgan fingerprint density at radius 3 is 3.00 bits per heavy atom. The Morgan fingerprint density at radius 2 is 2.31 bits per heavy atom. The number of methoxy groups -OCH3 is 1. The van der Waals surface area contributed by atoms with Crippen LogP contribution in [0.25, 0.3) is 5.69 Å². The molecule has 0 aliphatic rings. The molecule has 0 saturated carbocycles. The van der Waals surface area contributed by atoms with E-state index in [0.717, 1.165) is 5.69 Å². The quantitative estimate of drug-likeness (QED) is 0.818. The molecule has 0 atom stereocenters. The molecule has 0 spiro atoms. The third-order valence-corrected chi connectivity index (χ3v) is 2.13. The summed E-state index contributed by atoms with van der Waals surface area (Å²) in [4.78, 5) is 4.00. The van der Waals surface area contributed by atoms with E-state index in [1.165, 1.54) is 7.11 Å². The van der Waals surface area contributed by atoms with Gasteiger partial charge in [-0.3, -0.25) is 4.57 Å². The van der Waals surface area contributed by atoms with Crippen LogP contribution in [0.4, 0.5) is 5.82 Å². The lowest BCUT2D eigenvalue weighted by molar-refractivity contribution is 0.374. The van der Waals surface area contributed by atoms with Crippen molar-refractivity contribution in [3.8, 4) is 17.8 Å². The summed E-state index contributed by atoms with van der Waals surface area (Å²) in [7, 11) is 1.52. The first-order chi connectivity index (χ1) is 7.74. The van der Waals surface area contributed by atoms with Crippen molar-refractivity contribution in [3.05, 3.63) is 36.0 Å². The minimum atomic E-state index is 0.374. The molecule has 2 N–H and O–H groups in total. The Hall–Kier alpha value is -2.48. The third-order valence-electron chi connectivity index (χ3n) is 2.13. The van der Waals surface area contributed by atoms with Gasteiger partial charge in [-0.15, -0.1) is 0 Å². The highest BCUT2D eigenvalue weighted by atomic mass is 16.5. The minimum Gasteiger partial charge on any atom is -0.468 e. The van der Waals surface area contributed by atoms with Crippen LogP contribution in [0, 0.1) is 11.3 Å². The van der Waals surface area contributed by atoms with Gasteiger partial charge in [0.15, 0.2) is 0 Å². The molecule has 2 rings (SSSR count). The highest BCUT2D eigenvalue weighted by molar-refractivity contribution is 5.45. The maximum Gasteiger partial charge on any atom is 0.302 e. The van der Waals surface area contributed by atoms with Gasteiger partial charge in [0.05, 0.1) is 30.6 Å². The predicted molar refractivity (Wildman–Crippen MR) is 59.2 cm³/mol. The van der Waals surface area contributed by atoms with E-state index in [-0.39, 0.29) is 0 Å². The molecule has 0 aliphatic carbocycles. The van der Waals surface area contributed by atoms with Gasteiger partial charge >= 0.3 is 6.01 Å². The number of imidazole rings is 1. The number of hydrogen-bond acceptors (Lipinski definition) is 4. The van der Waals surface area contributed by atoms with Crippen molar-refractivity contribution in [2.45, 2.75) is 0 Å². The van der Waals surface area contributed by atoms with Gasteiger partial charge < -0.3 is 10.5 Å². The van der Waals surface area contributed by atoms with Crippen LogP contribution < -0.4 is 10.5 Å². The molecule has 1 heterocycles. The number of nitriles is 1. The number of ether oxygens (including phenoxy) is 1. The maximum absolute atomic E-state index is 8.81. The van der Waals surface area contributed by atoms with Gasteiger partial charge in [0, 0.05) is 0 Å². The van der Waals surface area contributed by atoms with E-state index in [1.54, 1.807) is 29.0 Å². The van der Waals surface area contributed by atoms with Crippen molar-refractivity contribution in [3.63, 3.8) is 0 Å². The normalized spacial score (nSPS) is 9.75. The van der Waals surface area contributed by atoms with Gasteiger partial charge in [0.1, 0.15) is 5.82 Å². The van der Waals surface area contributed by atoms with Crippen LogP contribution >= 0.6 is 0 Å². The number of nitrogens with zero attached hydrogens (tertiary/aromatic N) is 3. The molecule has 5 heteroatoms. The number of anilines is 1. The van der Waals surface area contributed by atoms with E-state index < -0.39 is 0 Å². The van der Waals surface area contributed by atoms with Crippen LogP contribution in [-0.4, -0.2) is 16.7 Å². The van der Waals surface area contributed by atoms with Gasteiger partial charge in [-0.1, -0.05) is 6.07 Å². The fourth-order valence-electron chi connectivity index (χ4n) is 1.43. The summed E-state index contributed by atoms with van der Waals surface area (Å²) in [5, 5.41) is 8.81. The minimum absolute atomic E-state index is 0.374. The number of hydrogen-bond donors (Lipinski definition) is 1. The summed E-state index contributed by atoms with van der Waals surface area (Å²) in [6.45, 7) is 0. The lowest BCUT2D eigenvalue weighted by Crippen LogP contribution is -1.97. The smallest absolute Gasteiger partial charge is 0.302 e. The molecule has 1 aromatic heterocycles. The van der Waals surface area contributed by atoms with Crippen LogP contribution in [0.1, 0.15) is 5.56 Å². The average Bonchev–Trinajstić information content (AvgIpc) is 2.70. The topological polar surface area (TPSA) is 76.9 Å². The second kappa shape index (κ2) is 3.95. The molecule has 16 heavy (non-hydrogen) atoms. The van der Waals surface area contributed by atoms with Crippen LogP contribution in [0.15, 0.2) is 30.5 Å². The second-order valence-electron chi connectivity index (χ2n) is 3.18. The van der Waals surface area contributed by atoms with Gasteiger partial charge in [-0.2, -0.15) is 10.2 Å². The highest BCUT2D eigenvalue weighted by Crippen LogP contribution is 2.19. The lowest BCUT2D eigenvalue weighted by Gasteiger charge is -2.05. The molecule has 0 saturated heterocycles. The third kappa shape index (κ3) is 1.68. The van der Waals surface area contributed by atoms with Crippen LogP contribution in [0.3, 0.4) is 0 Å². The Morgan fingerprint density at radius 1 is 1.50 bits per heavy atom. The Balaban J connectivity index is 2.54. The second-order valence-corrected chi connectivity index (χ2v) is 3.18. The molecule has 5 nitrogen and oxygen atoms in total. The summed E-state index contributed by atoms with van der Waals surface area (Å²) in [5.41, 5.74) is 6.95. The van der Waals surface area contributed by atoms with Crippen LogP contribution in [-0.2, 0) is 0 Å². The van der Waals surface area contributed by atoms with Crippen molar-refractivity contribution >= 4 is 5.82 Å². The van der Waals surface area contributed by atoms with Gasteiger partial charge in [-0.05, 0) is 18.2 Å². The molecule has 0 unspecified atom stereocenters. The molecule has 0 aliphatic heterocycles. The van der Waals surface area contributed by atoms with Crippen molar-refractivity contribution in [1.82, 2.24) is 9.55 Å². The van der Waals surface area contributed by atoms with Crippen LogP contribution in [0.5, 0.6) is 6.01 Å². The Labute approximate surface area is 92.7 Å². The number of benzene rings is 1. The summed E-state index contributed by atoms with van der Waals surface area (Å²) >= 11 is 0. The first-order valence-corrected chi connectivity index (χ1v) is 4.64. The van der Waals surface area contributed by atoms with Crippen molar-refractivity contribution in [1.29, 1.82) is 5.26 Å². The molecule has 0 amide bonds. The molecular weight excluding hydrogens is 204 g/mol. The zero-order valence-electron chi connectivity index (χ0n) is 8.71. The molecule has 2 aromatic rings. The SMILES string of the molecule is COc1nc(N)cn1-c1cccc(C#N)c1. The average molecular weight is 214 g/mol. The molecule has 0 radical (unpaired) electrons. The van der Waals surface area contributed by atoms with Gasteiger partial charge in [0.2, 0.25) is 0 Å². The molecule has 80 valence electrons. The largest absolute Gasteiger partial charge is 0.468 e. The van der Waals surface area contributed by atoms with Crippen molar-refractivity contribution in [2.75, 3.05) is 12.8 Å². The summed E-state index contributed by atoms with van der Waals surface area (Å²) < 4.78 is 6.77. The highest BCUT2D eigenvalue weighted by Gasteiger charge is 2.08. The lowest BCUT2D eigenvalue weighted by atomic mass is 10.2. The Bertz CT molecular complexity index is 553. The van der Waals surface area contributed by atoms with Crippen molar-refractivity contribution < 1.29 is 4.74 Å². The van der Waals surface area contributed by atoms with Crippen molar-refractivity contribution in [2.24, 2.45) is 0 Å². The summed E-state index contributed by atoms with van der Waals surface area (Å²) in [6, 6.07) is 9.59. The number of aromatic nitrogens is 2. The number of rotatable bonds is 2. The number of nitrogen functional groups attached to an aromatic ring is 1. The van der Waals surface area contributed by atoms with E-state index in [9.17, 15) is 0 Å². The van der Waals surface area contributed by atoms with E-state index in [1.807, 2.05) is 6.07 Å². The standard InChI is InChI=1S/C11H10N4O/c1-16-11-14-10(13)7-15(11)9-4-2-3-8(5-9)6-12/h2-5,7H,13H2,1H3. The molecule has 0 bridgehead atoms.